The summed E-state index contributed by atoms with van der Waals surface area (Å²) in [6, 6.07) is 6.51. The van der Waals surface area contributed by atoms with Crippen LogP contribution in [-0.2, 0) is 4.74 Å². The Morgan fingerprint density at radius 3 is 2.89 bits per heavy atom. The lowest BCUT2D eigenvalue weighted by Crippen LogP contribution is -2.15. The van der Waals surface area contributed by atoms with Gasteiger partial charge in [-0.05, 0) is 18.9 Å². The average molecular weight is 262 g/mol. The Kier molecular flexibility index (Phi) is 3.21. The Morgan fingerprint density at radius 1 is 1.32 bits per heavy atom. The van der Waals surface area contributed by atoms with Gasteiger partial charge >= 0.3 is 0 Å². The molecule has 5 heteroatoms. The molecule has 0 saturated carbocycles. The Balaban J connectivity index is 2.06. The summed E-state index contributed by atoms with van der Waals surface area (Å²) in [4.78, 5) is 0. The van der Waals surface area contributed by atoms with Gasteiger partial charge in [0.05, 0.1) is 12.2 Å². The number of nitrogens with two attached hydrogens (primary N) is 1. The normalized spacial score (nSPS) is 19.5. The molecule has 1 aromatic heterocycles. The van der Waals surface area contributed by atoms with Crippen LogP contribution >= 0.6 is 0 Å². The van der Waals surface area contributed by atoms with E-state index in [-0.39, 0.29) is 17.6 Å². The van der Waals surface area contributed by atoms with Crippen LogP contribution in [0.1, 0.15) is 24.5 Å². The molecular weight excluding hydrogens is 247 g/mol. The fraction of sp³-hybridized carbons (Fsp3) is 0.357. The van der Waals surface area contributed by atoms with Crippen molar-refractivity contribution in [1.29, 1.82) is 0 Å². The van der Waals surface area contributed by atoms with Gasteiger partial charge in [0.15, 0.2) is 11.6 Å². The Labute approximate surface area is 110 Å². The van der Waals surface area contributed by atoms with Crippen molar-refractivity contribution in [2.24, 2.45) is 0 Å². The average Bonchev–Trinajstić information content (AvgIpc) is 2.82. The molecule has 1 saturated heterocycles. The number of ether oxygens (including phenoxy) is 1. The van der Waals surface area contributed by atoms with E-state index in [2.05, 4.69) is 5.16 Å². The van der Waals surface area contributed by atoms with Crippen LogP contribution in [0.2, 0.25) is 0 Å². The second kappa shape index (κ2) is 5.01. The van der Waals surface area contributed by atoms with Crippen LogP contribution < -0.4 is 5.73 Å². The van der Waals surface area contributed by atoms with E-state index < -0.39 is 0 Å². The number of hydrogen-bond acceptors (Lipinski definition) is 4. The van der Waals surface area contributed by atoms with Gasteiger partial charge in [-0.2, -0.15) is 0 Å². The number of halogens is 1. The zero-order chi connectivity index (χ0) is 13.2. The molecule has 19 heavy (non-hydrogen) atoms. The quantitative estimate of drug-likeness (QED) is 0.903. The molecule has 4 nitrogen and oxygen atoms in total. The van der Waals surface area contributed by atoms with Gasteiger partial charge in [-0.3, -0.25) is 0 Å². The molecular formula is C14H15FN2O2. The minimum Gasteiger partial charge on any atom is -0.381 e. The first-order chi connectivity index (χ1) is 9.27. The maximum absolute atomic E-state index is 13.9. The third-order valence-electron chi connectivity index (χ3n) is 3.42. The molecule has 2 N–H and O–H groups in total. The molecule has 1 fully saturated rings. The SMILES string of the molecule is Nc1noc(C2CCCOC2)c1-c1ccccc1F. The molecule has 100 valence electrons. The fourth-order valence-corrected chi connectivity index (χ4v) is 2.48. The van der Waals surface area contributed by atoms with Gasteiger partial charge in [-0.25, -0.2) is 4.39 Å². The maximum atomic E-state index is 13.9. The summed E-state index contributed by atoms with van der Waals surface area (Å²) in [5.41, 5.74) is 6.83. The van der Waals surface area contributed by atoms with Crippen molar-refractivity contribution in [3.05, 3.63) is 35.8 Å². The molecule has 0 amide bonds. The summed E-state index contributed by atoms with van der Waals surface area (Å²) in [5, 5.41) is 3.79. The summed E-state index contributed by atoms with van der Waals surface area (Å²) in [6.07, 6.45) is 1.90. The number of hydrogen-bond donors (Lipinski definition) is 1. The first-order valence-electron chi connectivity index (χ1n) is 6.35. The molecule has 1 aliphatic heterocycles. The van der Waals surface area contributed by atoms with Crippen LogP contribution in [0.25, 0.3) is 11.1 Å². The van der Waals surface area contributed by atoms with E-state index in [1.54, 1.807) is 18.2 Å². The number of nitrogens with zero attached hydrogens (tertiary/aromatic N) is 1. The van der Waals surface area contributed by atoms with Crippen molar-refractivity contribution >= 4 is 5.82 Å². The lowest BCUT2D eigenvalue weighted by molar-refractivity contribution is 0.0723. The molecule has 0 aliphatic carbocycles. The van der Waals surface area contributed by atoms with Crippen LogP contribution in [0.3, 0.4) is 0 Å². The van der Waals surface area contributed by atoms with Crippen LogP contribution in [-0.4, -0.2) is 18.4 Å². The van der Waals surface area contributed by atoms with Gasteiger partial charge in [-0.15, -0.1) is 0 Å². The van der Waals surface area contributed by atoms with Crippen LogP contribution in [0.4, 0.5) is 10.2 Å². The first-order valence-corrected chi connectivity index (χ1v) is 6.35. The van der Waals surface area contributed by atoms with E-state index in [1.807, 2.05) is 0 Å². The first kappa shape index (κ1) is 12.2. The molecule has 1 atom stereocenters. The molecule has 0 radical (unpaired) electrons. The molecule has 1 aliphatic rings. The fourth-order valence-electron chi connectivity index (χ4n) is 2.48. The van der Waals surface area contributed by atoms with E-state index in [0.29, 0.717) is 23.5 Å². The standard InChI is InChI=1S/C14H15FN2O2/c15-11-6-2-1-5-10(11)12-13(19-17-14(12)16)9-4-3-7-18-8-9/h1-2,5-6,9H,3-4,7-8H2,(H2,16,17). The molecule has 1 unspecified atom stereocenters. The van der Waals surface area contributed by atoms with Gasteiger partial charge in [0.2, 0.25) is 0 Å². The number of aromatic nitrogens is 1. The summed E-state index contributed by atoms with van der Waals surface area (Å²) in [7, 11) is 0. The van der Waals surface area contributed by atoms with Gasteiger partial charge in [0, 0.05) is 18.1 Å². The maximum Gasteiger partial charge on any atom is 0.175 e. The molecule has 1 aromatic carbocycles. The Hall–Kier alpha value is -1.88. The molecule has 0 bridgehead atoms. The van der Waals surface area contributed by atoms with Crippen LogP contribution in [0.5, 0.6) is 0 Å². The van der Waals surface area contributed by atoms with Gasteiger partial charge < -0.3 is 15.0 Å². The Morgan fingerprint density at radius 2 is 2.16 bits per heavy atom. The topological polar surface area (TPSA) is 61.3 Å². The highest BCUT2D eigenvalue weighted by atomic mass is 19.1. The zero-order valence-electron chi connectivity index (χ0n) is 10.4. The highest BCUT2D eigenvalue weighted by Crippen LogP contribution is 2.38. The minimum atomic E-state index is -0.324. The predicted octanol–water partition coefficient (Wildman–Crippen LogP) is 2.96. The molecule has 2 aromatic rings. The van der Waals surface area contributed by atoms with E-state index in [9.17, 15) is 4.39 Å². The summed E-state index contributed by atoms with van der Waals surface area (Å²) in [6.45, 7) is 1.32. The molecule has 3 rings (SSSR count). The Bertz CT molecular complexity index is 577. The van der Waals surface area contributed by atoms with Crippen molar-refractivity contribution in [3.8, 4) is 11.1 Å². The lowest BCUT2D eigenvalue weighted by Gasteiger charge is -2.20. The minimum absolute atomic E-state index is 0.0909. The van der Waals surface area contributed by atoms with Crippen LogP contribution in [0, 0.1) is 5.82 Å². The second-order valence-corrected chi connectivity index (χ2v) is 4.70. The monoisotopic (exact) mass is 262 g/mol. The molecule has 2 heterocycles. The van der Waals surface area contributed by atoms with E-state index >= 15 is 0 Å². The van der Waals surface area contributed by atoms with Crippen molar-refractivity contribution in [2.45, 2.75) is 18.8 Å². The van der Waals surface area contributed by atoms with Crippen molar-refractivity contribution in [2.75, 3.05) is 18.9 Å². The van der Waals surface area contributed by atoms with Gasteiger partial charge in [0.25, 0.3) is 0 Å². The number of anilines is 1. The van der Waals surface area contributed by atoms with Gasteiger partial charge in [-0.1, -0.05) is 23.4 Å². The number of nitrogen functional groups attached to an aromatic ring is 1. The zero-order valence-corrected chi connectivity index (χ0v) is 10.4. The molecule has 0 spiro atoms. The van der Waals surface area contributed by atoms with Crippen molar-refractivity contribution in [3.63, 3.8) is 0 Å². The second-order valence-electron chi connectivity index (χ2n) is 4.70. The number of rotatable bonds is 2. The largest absolute Gasteiger partial charge is 0.381 e. The van der Waals surface area contributed by atoms with Crippen molar-refractivity contribution < 1.29 is 13.7 Å². The van der Waals surface area contributed by atoms with Gasteiger partial charge in [0.1, 0.15) is 5.82 Å². The van der Waals surface area contributed by atoms with E-state index in [0.717, 1.165) is 19.4 Å². The third-order valence-corrected chi connectivity index (χ3v) is 3.42. The summed E-state index contributed by atoms with van der Waals surface area (Å²) < 4.78 is 24.7. The van der Waals surface area contributed by atoms with Crippen molar-refractivity contribution in [1.82, 2.24) is 5.16 Å². The number of benzene rings is 1. The van der Waals surface area contributed by atoms with Crippen LogP contribution in [0.15, 0.2) is 28.8 Å². The van der Waals surface area contributed by atoms with E-state index in [4.69, 9.17) is 15.0 Å². The lowest BCUT2D eigenvalue weighted by atomic mass is 9.93. The highest BCUT2D eigenvalue weighted by molar-refractivity contribution is 5.76. The summed E-state index contributed by atoms with van der Waals surface area (Å²) >= 11 is 0. The third kappa shape index (κ3) is 2.21. The highest BCUT2D eigenvalue weighted by Gasteiger charge is 2.27. The smallest absolute Gasteiger partial charge is 0.175 e. The summed E-state index contributed by atoms with van der Waals surface area (Å²) in [5.74, 6) is 0.622. The predicted molar refractivity (Wildman–Crippen MR) is 69.1 cm³/mol. The van der Waals surface area contributed by atoms with E-state index in [1.165, 1.54) is 6.07 Å².